The molecule has 1 heterocycles. The molecule has 0 aliphatic carbocycles. The number of hydrogen-bond acceptors (Lipinski definition) is 3. The Hall–Kier alpha value is -1.33. The van der Waals surface area contributed by atoms with Gasteiger partial charge in [0, 0.05) is 10.7 Å². The maximum atomic E-state index is 11.4. The summed E-state index contributed by atoms with van der Waals surface area (Å²) in [5.41, 5.74) is 1.73. The van der Waals surface area contributed by atoms with Crippen molar-refractivity contribution in [3.8, 4) is 0 Å². The van der Waals surface area contributed by atoms with Crippen molar-refractivity contribution in [2.45, 2.75) is 17.2 Å². The summed E-state index contributed by atoms with van der Waals surface area (Å²) in [6.45, 7) is 1.92. The molecule has 0 saturated heterocycles. The van der Waals surface area contributed by atoms with Crippen LogP contribution in [0.4, 0.5) is 0 Å². The number of hydrogen-bond donors (Lipinski definition) is 1. The first-order valence-electron chi connectivity index (χ1n) is 5.64. The van der Waals surface area contributed by atoms with Crippen LogP contribution in [0.3, 0.4) is 0 Å². The van der Waals surface area contributed by atoms with E-state index >= 15 is 0 Å². The van der Waals surface area contributed by atoms with Crippen LogP contribution in [0.25, 0.3) is 0 Å². The average molecular weight is 338 g/mol. The van der Waals surface area contributed by atoms with Crippen LogP contribution in [0, 0.1) is 6.92 Å². The van der Waals surface area contributed by atoms with Crippen molar-refractivity contribution in [3.63, 3.8) is 0 Å². The fourth-order valence-electron chi connectivity index (χ4n) is 1.65. The predicted octanol–water partition coefficient (Wildman–Crippen LogP) is 4.07. The van der Waals surface area contributed by atoms with E-state index < -0.39 is 11.2 Å². The lowest BCUT2D eigenvalue weighted by molar-refractivity contribution is -0.136. The van der Waals surface area contributed by atoms with Crippen LogP contribution in [0.2, 0.25) is 0 Å². The highest BCUT2D eigenvalue weighted by atomic mass is 79.9. The van der Waals surface area contributed by atoms with Gasteiger partial charge in [-0.05, 0) is 40.0 Å². The van der Waals surface area contributed by atoms with Crippen molar-refractivity contribution in [2.24, 2.45) is 0 Å². The summed E-state index contributed by atoms with van der Waals surface area (Å²) in [7, 11) is 0. The van der Waals surface area contributed by atoms with Gasteiger partial charge in [-0.25, -0.2) is 4.98 Å². The minimum Gasteiger partial charge on any atom is -0.480 e. The molecule has 0 fully saturated rings. The number of carboxylic acid groups (broad SMARTS) is 1. The standard InChI is InChI=1S/C14H12BrNO2S/c1-9-7-11(15)8-16-13(9)19-12(14(17)18)10-5-3-2-4-6-10/h2-8,12H,1H3,(H,17,18). The number of pyridine rings is 1. The summed E-state index contributed by atoms with van der Waals surface area (Å²) in [5.74, 6) is -0.861. The van der Waals surface area contributed by atoms with Gasteiger partial charge in [-0.15, -0.1) is 0 Å². The molecule has 0 spiro atoms. The van der Waals surface area contributed by atoms with Crippen molar-refractivity contribution in [1.29, 1.82) is 0 Å². The van der Waals surface area contributed by atoms with E-state index in [9.17, 15) is 9.90 Å². The fourth-order valence-corrected chi connectivity index (χ4v) is 3.07. The first kappa shape index (κ1) is 14.1. The second-order valence-electron chi connectivity index (χ2n) is 4.02. The van der Waals surface area contributed by atoms with Crippen LogP contribution in [-0.2, 0) is 4.79 Å². The monoisotopic (exact) mass is 337 g/mol. The van der Waals surface area contributed by atoms with Gasteiger partial charge in [0.25, 0.3) is 0 Å². The number of benzene rings is 1. The lowest BCUT2D eigenvalue weighted by Crippen LogP contribution is -2.08. The van der Waals surface area contributed by atoms with Gasteiger partial charge in [0.1, 0.15) is 10.3 Å². The first-order chi connectivity index (χ1) is 9.08. The minimum atomic E-state index is -0.861. The number of halogens is 1. The topological polar surface area (TPSA) is 50.2 Å². The summed E-state index contributed by atoms with van der Waals surface area (Å²) in [5, 5.41) is 9.47. The molecule has 5 heteroatoms. The zero-order valence-corrected chi connectivity index (χ0v) is 12.6. The average Bonchev–Trinajstić information content (AvgIpc) is 2.38. The number of aliphatic carboxylic acids is 1. The molecule has 0 radical (unpaired) electrons. The normalized spacial score (nSPS) is 12.1. The van der Waals surface area contributed by atoms with Gasteiger partial charge in [-0.2, -0.15) is 0 Å². The summed E-state index contributed by atoms with van der Waals surface area (Å²) in [4.78, 5) is 15.7. The Balaban J connectivity index is 2.29. The van der Waals surface area contributed by atoms with Crippen molar-refractivity contribution in [2.75, 3.05) is 0 Å². The fraction of sp³-hybridized carbons (Fsp3) is 0.143. The molecule has 19 heavy (non-hydrogen) atoms. The van der Waals surface area contributed by atoms with E-state index in [1.54, 1.807) is 6.20 Å². The van der Waals surface area contributed by atoms with Gasteiger partial charge in [-0.3, -0.25) is 4.79 Å². The van der Waals surface area contributed by atoms with Gasteiger partial charge < -0.3 is 5.11 Å². The number of aryl methyl sites for hydroxylation is 1. The molecule has 1 aromatic carbocycles. The van der Waals surface area contributed by atoms with E-state index in [4.69, 9.17) is 0 Å². The Morgan fingerprint density at radius 1 is 1.37 bits per heavy atom. The molecule has 1 unspecified atom stereocenters. The van der Waals surface area contributed by atoms with Gasteiger partial charge in [0.05, 0.1) is 0 Å². The van der Waals surface area contributed by atoms with E-state index in [0.29, 0.717) is 0 Å². The Morgan fingerprint density at radius 3 is 2.63 bits per heavy atom. The van der Waals surface area contributed by atoms with E-state index in [2.05, 4.69) is 20.9 Å². The van der Waals surface area contributed by atoms with E-state index in [-0.39, 0.29) is 0 Å². The molecule has 3 nitrogen and oxygen atoms in total. The van der Waals surface area contributed by atoms with Gasteiger partial charge in [-0.1, -0.05) is 42.1 Å². The molecule has 0 amide bonds. The second-order valence-corrected chi connectivity index (χ2v) is 6.03. The highest BCUT2D eigenvalue weighted by molar-refractivity contribution is 9.10. The van der Waals surface area contributed by atoms with Crippen LogP contribution in [-0.4, -0.2) is 16.1 Å². The molecule has 0 aliphatic rings. The van der Waals surface area contributed by atoms with E-state index in [1.807, 2.05) is 43.3 Å². The third-order valence-corrected chi connectivity index (χ3v) is 4.35. The van der Waals surface area contributed by atoms with Crippen LogP contribution in [0.5, 0.6) is 0 Å². The quantitative estimate of drug-likeness (QED) is 0.854. The molecule has 0 saturated carbocycles. The molecular weight excluding hydrogens is 326 g/mol. The zero-order chi connectivity index (χ0) is 13.8. The molecule has 98 valence electrons. The molecule has 0 bridgehead atoms. The summed E-state index contributed by atoms with van der Waals surface area (Å²) in [6.07, 6.45) is 1.68. The third-order valence-electron chi connectivity index (χ3n) is 2.55. The van der Waals surface area contributed by atoms with Crippen molar-refractivity contribution in [3.05, 3.63) is 58.2 Å². The molecule has 1 aromatic heterocycles. The lowest BCUT2D eigenvalue weighted by Gasteiger charge is -2.13. The molecule has 0 aliphatic heterocycles. The Morgan fingerprint density at radius 2 is 2.05 bits per heavy atom. The zero-order valence-electron chi connectivity index (χ0n) is 10.2. The Kier molecular flexibility index (Phi) is 4.61. The molecular formula is C14H12BrNO2S. The molecule has 1 N–H and O–H groups in total. The molecule has 2 aromatic rings. The third kappa shape index (κ3) is 3.58. The predicted molar refractivity (Wildman–Crippen MR) is 79.3 cm³/mol. The van der Waals surface area contributed by atoms with Crippen LogP contribution < -0.4 is 0 Å². The number of nitrogens with zero attached hydrogens (tertiary/aromatic N) is 1. The minimum absolute atomic E-state index is 0.645. The highest BCUT2D eigenvalue weighted by Crippen LogP contribution is 2.36. The van der Waals surface area contributed by atoms with Gasteiger partial charge >= 0.3 is 5.97 Å². The Bertz CT molecular complexity index is 589. The van der Waals surface area contributed by atoms with Gasteiger partial charge in [0.2, 0.25) is 0 Å². The van der Waals surface area contributed by atoms with E-state index in [1.165, 1.54) is 11.8 Å². The van der Waals surface area contributed by atoms with E-state index in [0.717, 1.165) is 20.6 Å². The van der Waals surface area contributed by atoms with Crippen molar-refractivity contribution in [1.82, 2.24) is 4.98 Å². The molecule has 2 rings (SSSR count). The maximum Gasteiger partial charge on any atom is 0.321 e. The summed E-state index contributed by atoms with van der Waals surface area (Å²) < 4.78 is 0.890. The maximum absolute atomic E-state index is 11.4. The Labute approximate surface area is 124 Å². The second kappa shape index (κ2) is 6.21. The number of rotatable bonds is 4. The number of aromatic nitrogens is 1. The van der Waals surface area contributed by atoms with Gasteiger partial charge in [0.15, 0.2) is 0 Å². The van der Waals surface area contributed by atoms with Crippen LogP contribution in [0.15, 0.2) is 52.1 Å². The lowest BCUT2D eigenvalue weighted by atomic mass is 10.1. The smallest absolute Gasteiger partial charge is 0.321 e. The SMILES string of the molecule is Cc1cc(Br)cnc1SC(C(=O)O)c1ccccc1. The number of thioether (sulfide) groups is 1. The highest BCUT2D eigenvalue weighted by Gasteiger charge is 2.22. The largest absolute Gasteiger partial charge is 0.480 e. The summed E-state index contributed by atoms with van der Waals surface area (Å²) >= 11 is 4.60. The summed E-state index contributed by atoms with van der Waals surface area (Å²) in [6, 6.07) is 11.1. The first-order valence-corrected chi connectivity index (χ1v) is 7.32. The number of carbonyl (C=O) groups is 1. The van der Waals surface area contributed by atoms with Crippen LogP contribution in [0.1, 0.15) is 16.4 Å². The molecule has 1 atom stereocenters. The number of carboxylic acids is 1. The van der Waals surface area contributed by atoms with Crippen molar-refractivity contribution < 1.29 is 9.90 Å². The van der Waals surface area contributed by atoms with Crippen LogP contribution >= 0.6 is 27.7 Å². The van der Waals surface area contributed by atoms with Crippen molar-refractivity contribution >= 4 is 33.7 Å².